The van der Waals surface area contributed by atoms with Crippen molar-refractivity contribution in [3.05, 3.63) is 91.3 Å². The van der Waals surface area contributed by atoms with Gasteiger partial charge in [-0.2, -0.15) is 0 Å². The summed E-state index contributed by atoms with van der Waals surface area (Å²) < 4.78 is 23.0. The molecule has 1 unspecified atom stereocenters. The summed E-state index contributed by atoms with van der Waals surface area (Å²) in [5, 5.41) is 7.46. The Kier molecular flexibility index (Phi) is 9.57. The Hall–Kier alpha value is -3.33. The number of benzene rings is 2. The molecule has 1 atom stereocenters. The van der Waals surface area contributed by atoms with Gasteiger partial charge in [0.15, 0.2) is 0 Å². The number of nitrogens with one attached hydrogen (secondary N) is 1. The number of methoxy groups -OCH3 is 1. The lowest BCUT2D eigenvalue weighted by molar-refractivity contribution is 0.416. The van der Waals surface area contributed by atoms with Crippen LogP contribution < -0.4 is 15.2 Å². The average Bonchev–Trinajstić information content (AvgIpc) is 2.76. The number of anilines is 2. The van der Waals surface area contributed by atoms with Gasteiger partial charge < -0.3 is 14.6 Å². The Bertz CT molecular complexity index is 1050. The molecule has 0 radical (unpaired) electrons. The Balaban J connectivity index is 0.000000785. The quantitative estimate of drug-likeness (QED) is 0.405. The molecular formula is C23H25N4O3S-. The minimum Gasteiger partial charge on any atom is -0.760 e. The van der Waals surface area contributed by atoms with E-state index in [1.807, 2.05) is 48.6 Å². The van der Waals surface area contributed by atoms with Crippen molar-refractivity contribution in [1.82, 2.24) is 9.97 Å². The molecule has 0 aliphatic heterocycles. The van der Waals surface area contributed by atoms with Gasteiger partial charge in [-0.25, -0.2) is 9.97 Å². The van der Waals surface area contributed by atoms with E-state index in [-0.39, 0.29) is 0 Å². The molecule has 3 N–H and O–H groups in total. The van der Waals surface area contributed by atoms with Crippen LogP contribution in [-0.2, 0) is 24.1 Å². The number of aromatic nitrogens is 2. The van der Waals surface area contributed by atoms with Gasteiger partial charge in [-0.1, -0.05) is 36.4 Å². The number of hydrogen-bond acceptors (Lipinski definition) is 6. The molecule has 0 amide bonds. The number of allylic oxidation sites excluding steroid dienone is 2. The molecule has 3 aromatic rings. The van der Waals surface area contributed by atoms with Crippen LogP contribution >= 0.6 is 0 Å². The van der Waals surface area contributed by atoms with Crippen molar-refractivity contribution in [1.29, 1.82) is 0 Å². The second-order valence-electron chi connectivity index (χ2n) is 6.30. The fraction of sp³-hybridized carbons (Fsp3) is 0.130. The predicted octanol–water partition coefficient (Wildman–Crippen LogP) is 4.09. The van der Waals surface area contributed by atoms with Crippen molar-refractivity contribution in [2.45, 2.75) is 12.8 Å². The van der Waals surface area contributed by atoms with Crippen LogP contribution in [0, 0.1) is 0 Å². The summed E-state index contributed by atoms with van der Waals surface area (Å²) in [5.41, 5.74) is 5.17. The highest BCUT2D eigenvalue weighted by Gasteiger charge is 2.10. The molecule has 0 saturated carbocycles. The summed E-state index contributed by atoms with van der Waals surface area (Å²) >= 11 is -2.36. The molecule has 7 nitrogen and oxygen atoms in total. The third kappa shape index (κ3) is 7.14. The first-order valence-electron chi connectivity index (χ1n) is 9.38. The lowest BCUT2D eigenvalue weighted by Gasteiger charge is -2.15. The number of nitrogens with two attached hydrogens (primary N) is 1. The summed E-state index contributed by atoms with van der Waals surface area (Å²) in [4.78, 5) is 8.79. The lowest BCUT2D eigenvalue weighted by atomic mass is 9.99. The van der Waals surface area contributed by atoms with Gasteiger partial charge in [0.1, 0.15) is 17.9 Å². The van der Waals surface area contributed by atoms with E-state index in [1.54, 1.807) is 13.4 Å². The topological polar surface area (TPSA) is 113 Å². The molecular weight excluding hydrogens is 412 g/mol. The third-order valence-corrected chi connectivity index (χ3v) is 4.30. The summed E-state index contributed by atoms with van der Waals surface area (Å²) in [6, 6.07) is 15.9. The van der Waals surface area contributed by atoms with E-state index < -0.39 is 11.3 Å². The maximum atomic E-state index is 8.78. The number of rotatable bonds is 8. The van der Waals surface area contributed by atoms with Gasteiger partial charge in [-0.05, 0) is 42.2 Å². The van der Waals surface area contributed by atoms with E-state index in [1.165, 1.54) is 11.1 Å². The van der Waals surface area contributed by atoms with Crippen molar-refractivity contribution in [2.75, 3.05) is 12.4 Å². The van der Waals surface area contributed by atoms with Crippen LogP contribution in [0.3, 0.4) is 0 Å². The van der Waals surface area contributed by atoms with E-state index in [9.17, 15) is 0 Å². The van der Waals surface area contributed by atoms with Crippen molar-refractivity contribution in [2.24, 2.45) is 5.14 Å². The molecule has 0 aliphatic carbocycles. The maximum Gasteiger partial charge on any atom is 0.134 e. The van der Waals surface area contributed by atoms with E-state index in [0.29, 0.717) is 0 Å². The molecule has 162 valence electrons. The largest absolute Gasteiger partial charge is 0.760 e. The van der Waals surface area contributed by atoms with Gasteiger partial charge in [0, 0.05) is 28.6 Å². The first kappa shape index (κ1) is 23.9. The Morgan fingerprint density at radius 1 is 1.13 bits per heavy atom. The van der Waals surface area contributed by atoms with Crippen LogP contribution in [0.5, 0.6) is 5.75 Å². The number of nitrogens with zero attached hydrogens (tertiary/aromatic N) is 2. The molecule has 0 aliphatic rings. The normalized spacial score (nSPS) is 10.9. The Morgan fingerprint density at radius 3 is 2.52 bits per heavy atom. The first-order chi connectivity index (χ1) is 15.0. The molecule has 31 heavy (non-hydrogen) atoms. The lowest BCUT2D eigenvalue weighted by Crippen LogP contribution is -2.02. The minimum atomic E-state index is -2.36. The minimum absolute atomic E-state index is 0.729. The summed E-state index contributed by atoms with van der Waals surface area (Å²) in [7, 11) is 1.66. The Morgan fingerprint density at radius 2 is 1.84 bits per heavy atom. The molecule has 0 spiro atoms. The molecule has 1 aromatic heterocycles. The monoisotopic (exact) mass is 437 g/mol. The van der Waals surface area contributed by atoms with Crippen molar-refractivity contribution >= 4 is 22.8 Å². The highest BCUT2D eigenvalue weighted by molar-refractivity contribution is 7.76. The van der Waals surface area contributed by atoms with E-state index >= 15 is 0 Å². The third-order valence-electron chi connectivity index (χ3n) is 4.30. The van der Waals surface area contributed by atoms with Gasteiger partial charge >= 0.3 is 0 Å². The number of ether oxygens (including phenoxy) is 1. The SMILES string of the molecule is C=CCc1cccc(Nc2cc(-c3ccccc3OC)ncn2)c1CC=C.NS(=O)[O-]. The Labute approximate surface area is 185 Å². The smallest absolute Gasteiger partial charge is 0.134 e. The molecule has 8 heteroatoms. The molecule has 0 fully saturated rings. The first-order valence-corrected chi connectivity index (χ1v) is 10.5. The van der Waals surface area contributed by atoms with Gasteiger partial charge in [-0.3, -0.25) is 9.35 Å². The van der Waals surface area contributed by atoms with Gasteiger partial charge in [0.2, 0.25) is 0 Å². The van der Waals surface area contributed by atoms with Crippen LogP contribution in [0.4, 0.5) is 11.5 Å². The van der Waals surface area contributed by atoms with Crippen LogP contribution in [0.15, 0.2) is 80.2 Å². The average molecular weight is 438 g/mol. The molecule has 2 aromatic carbocycles. The highest BCUT2D eigenvalue weighted by atomic mass is 32.2. The zero-order valence-electron chi connectivity index (χ0n) is 17.3. The van der Waals surface area contributed by atoms with Crippen LogP contribution in [0.2, 0.25) is 0 Å². The van der Waals surface area contributed by atoms with Gasteiger partial charge in [0.05, 0.1) is 12.8 Å². The standard InChI is InChI=1S/C23H23N3O.H3NO2S/c1-4-9-17-11-8-13-20(18(17)10-5-2)26-23-15-21(24-16-25-23)19-12-6-7-14-22(19)27-3;1-4(2)3/h4-8,11-16H,1-2,9-10H2,3H3,(H,24,25,26);1H2,(H,2,3)/p-1. The van der Waals surface area contributed by atoms with E-state index in [2.05, 4.69) is 45.7 Å². The number of para-hydroxylation sites is 1. The second-order valence-corrected chi connectivity index (χ2v) is 6.82. The summed E-state index contributed by atoms with van der Waals surface area (Å²) in [5.74, 6) is 1.51. The van der Waals surface area contributed by atoms with Crippen LogP contribution in [0.25, 0.3) is 11.3 Å². The van der Waals surface area contributed by atoms with E-state index in [4.69, 9.17) is 13.5 Å². The zero-order chi connectivity index (χ0) is 22.6. The fourth-order valence-electron chi connectivity index (χ4n) is 3.05. The second kappa shape index (κ2) is 12.4. The summed E-state index contributed by atoms with van der Waals surface area (Å²) in [6.07, 6.45) is 6.97. The van der Waals surface area contributed by atoms with Gasteiger partial charge in [-0.15, -0.1) is 13.2 Å². The van der Waals surface area contributed by atoms with Crippen LogP contribution in [-0.4, -0.2) is 25.8 Å². The van der Waals surface area contributed by atoms with Crippen molar-refractivity contribution < 1.29 is 13.5 Å². The molecule has 0 saturated heterocycles. The van der Waals surface area contributed by atoms with Crippen molar-refractivity contribution in [3.63, 3.8) is 0 Å². The van der Waals surface area contributed by atoms with Gasteiger partial charge in [0.25, 0.3) is 0 Å². The number of hydrogen-bond donors (Lipinski definition) is 2. The van der Waals surface area contributed by atoms with Crippen LogP contribution in [0.1, 0.15) is 11.1 Å². The summed E-state index contributed by atoms with van der Waals surface area (Å²) in [6.45, 7) is 7.74. The highest BCUT2D eigenvalue weighted by Crippen LogP contribution is 2.30. The van der Waals surface area contributed by atoms with E-state index in [0.717, 1.165) is 41.4 Å². The molecule has 0 bridgehead atoms. The fourth-order valence-corrected chi connectivity index (χ4v) is 3.05. The maximum absolute atomic E-state index is 8.78. The molecule has 3 rings (SSSR count). The van der Waals surface area contributed by atoms with Crippen molar-refractivity contribution in [3.8, 4) is 17.0 Å². The molecule has 1 heterocycles. The predicted molar refractivity (Wildman–Crippen MR) is 125 cm³/mol. The zero-order valence-corrected chi connectivity index (χ0v) is 18.1.